The number of allylic oxidation sites excluding steroid dienone is 1. The van der Waals surface area contributed by atoms with Crippen molar-refractivity contribution in [2.24, 2.45) is 0 Å². The summed E-state index contributed by atoms with van der Waals surface area (Å²) >= 11 is 0. The first-order chi connectivity index (χ1) is 11.9. The fourth-order valence-corrected chi connectivity index (χ4v) is 3.17. The number of nitrogens with one attached hydrogen (secondary N) is 2. The van der Waals surface area contributed by atoms with Crippen molar-refractivity contribution in [3.05, 3.63) is 78.1 Å². The Morgan fingerprint density at radius 3 is 2.42 bits per heavy atom. The molecule has 0 saturated carbocycles. The third-order valence-corrected chi connectivity index (χ3v) is 4.37. The second-order valence-corrected chi connectivity index (χ2v) is 5.99. The smallest absolute Gasteiger partial charge is 0.0815 e. The fourth-order valence-electron chi connectivity index (χ4n) is 3.17. The molecular formula is C20H22N4. The van der Waals surface area contributed by atoms with Gasteiger partial charge in [-0.15, -0.1) is 0 Å². The highest BCUT2D eigenvalue weighted by atomic mass is 15.6. The SMILES string of the molecule is C1=C(/C=C/c2ccccc2)N(N2CCNCC2)c2ccccc2N1. The van der Waals surface area contributed by atoms with Gasteiger partial charge in [-0.05, 0) is 23.8 Å². The molecule has 1 saturated heterocycles. The minimum Gasteiger partial charge on any atom is -0.358 e. The first-order valence-corrected chi connectivity index (χ1v) is 8.46. The second-order valence-electron chi connectivity index (χ2n) is 5.99. The van der Waals surface area contributed by atoms with Crippen molar-refractivity contribution in [1.29, 1.82) is 0 Å². The summed E-state index contributed by atoms with van der Waals surface area (Å²) in [7, 11) is 0. The molecule has 2 N–H and O–H groups in total. The standard InChI is InChI=1S/C20H22N4/c1-2-6-17(7-3-1)10-11-18-16-22-19-8-4-5-9-20(19)24(18)23-14-12-21-13-15-23/h1-11,16,21-22H,12-15H2/b11-10+. The number of fused-ring (bicyclic) bond motifs is 1. The largest absolute Gasteiger partial charge is 0.358 e. The van der Waals surface area contributed by atoms with Crippen molar-refractivity contribution < 1.29 is 0 Å². The molecule has 0 aliphatic carbocycles. The quantitative estimate of drug-likeness (QED) is 0.909. The van der Waals surface area contributed by atoms with Gasteiger partial charge in [-0.3, -0.25) is 5.01 Å². The third-order valence-electron chi connectivity index (χ3n) is 4.37. The number of anilines is 2. The van der Waals surface area contributed by atoms with Gasteiger partial charge < -0.3 is 10.6 Å². The Kier molecular flexibility index (Phi) is 4.32. The molecular weight excluding hydrogens is 296 g/mol. The predicted octanol–water partition coefficient (Wildman–Crippen LogP) is 3.29. The van der Waals surface area contributed by atoms with Crippen molar-refractivity contribution in [2.45, 2.75) is 0 Å². The van der Waals surface area contributed by atoms with E-state index in [2.05, 4.69) is 87.5 Å². The van der Waals surface area contributed by atoms with E-state index in [1.165, 1.54) is 11.3 Å². The lowest BCUT2D eigenvalue weighted by Gasteiger charge is -2.42. The lowest BCUT2D eigenvalue weighted by Crippen LogP contribution is -2.52. The van der Waals surface area contributed by atoms with Crippen LogP contribution < -0.4 is 15.6 Å². The van der Waals surface area contributed by atoms with Gasteiger partial charge in [-0.2, -0.15) is 0 Å². The maximum absolute atomic E-state index is 3.43. The van der Waals surface area contributed by atoms with E-state index >= 15 is 0 Å². The average Bonchev–Trinajstić information content (AvgIpc) is 2.67. The van der Waals surface area contributed by atoms with Crippen molar-refractivity contribution in [3.8, 4) is 0 Å². The monoisotopic (exact) mass is 318 g/mol. The molecule has 0 aromatic heterocycles. The molecule has 2 aliphatic rings. The normalized spacial score (nSPS) is 18.2. The van der Waals surface area contributed by atoms with Crippen molar-refractivity contribution >= 4 is 17.5 Å². The van der Waals surface area contributed by atoms with E-state index < -0.39 is 0 Å². The Hall–Kier alpha value is -2.56. The van der Waals surface area contributed by atoms with Crippen molar-refractivity contribution in [1.82, 2.24) is 10.3 Å². The molecule has 2 aliphatic heterocycles. The molecule has 4 nitrogen and oxygen atoms in total. The van der Waals surface area contributed by atoms with Gasteiger partial charge in [-0.1, -0.05) is 48.5 Å². The summed E-state index contributed by atoms with van der Waals surface area (Å²) in [6.07, 6.45) is 6.43. The van der Waals surface area contributed by atoms with Gasteiger partial charge in [0.05, 0.1) is 17.1 Å². The summed E-state index contributed by atoms with van der Waals surface area (Å²) in [4.78, 5) is 0. The highest BCUT2D eigenvalue weighted by Gasteiger charge is 2.25. The molecule has 2 aromatic rings. The zero-order valence-electron chi connectivity index (χ0n) is 13.7. The van der Waals surface area contributed by atoms with Crippen LogP contribution in [0.4, 0.5) is 11.4 Å². The van der Waals surface area contributed by atoms with E-state index in [4.69, 9.17) is 0 Å². The van der Waals surface area contributed by atoms with Crippen LogP contribution in [0.2, 0.25) is 0 Å². The second kappa shape index (κ2) is 6.91. The summed E-state index contributed by atoms with van der Waals surface area (Å²) in [6.45, 7) is 4.04. The van der Waals surface area contributed by atoms with Crippen LogP contribution in [-0.2, 0) is 0 Å². The zero-order chi connectivity index (χ0) is 16.2. The van der Waals surface area contributed by atoms with Gasteiger partial charge in [-0.25, -0.2) is 5.01 Å². The van der Waals surface area contributed by atoms with Crippen molar-refractivity contribution in [2.75, 3.05) is 36.5 Å². The maximum Gasteiger partial charge on any atom is 0.0815 e. The van der Waals surface area contributed by atoms with Crippen LogP contribution in [0.1, 0.15) is 5.56 Å². The van der Waals surface area contributed by atoms with Crippen LogP contribution in [0.5, 0.6) is 0 Å². The molecule has 0 unspecified atom stereocenters. The van der Waals surface area contributed by atoms with Crippen LogP contribution in [-0.4, -0.2) is 31.2 Å². The number of benzene rings is 2. The van der Waals surface area contributed by atoms with E-state index in [1.54, 1.807) is 0 Å². The van der Waals surface area contributed by atoms with Crippen LogP contribution >= 0.6 is 0 Å². The molecule has 4 heteroatoms. The molecule has 0 amide bonds. The fraction of sp³-hybridized carbons (Fsp3) is 0.200. The van der Waals surface area contributed by atoms with Crippen molar-refractivity contribution in [3.63, 3.8) is 0 Å². The van der Waals surface area contributed by atoms with Crippen LogP contribution in [0.15, 0.2) is 72.6 Å². The number of piperazine rings is 1. The molecule has 0 bridgehead atoms. The number of rotatable bonds is 3. The predicted molar refractivity (Wildman–Crippen MR) is 101 cm³/mol. The Labute approximate surface area is 143 Å². The molecule has 2 heterocycles. The number of para-hydroxylation sites is 2. The number of nitrogens with zero attached hydrogens (tertiary/aromatic N) is 2. The Balaban J connectivity index is 1.66. The summed E-state index contributed by atoms with van der Waals surface area (Å²) in [5.41, 5.74) is 4.71. The molecule has 2 aromatic carbocycles. The Bertz CT molecular complexity index is 745. The van der Waals surface area contributed by atoms with Gasteiger partial charge in [0.1, 0.15) is 0 Å². The van der Waals surface area contributed by atoms with Gasteiger partial charge in [0.25, 0.3) is 0 Å². The molecule has 0 radical (unpaired) electrons. The first kappa shape index (κ1) is 15.0. The molecule has 0 spiro atoms. The minimum absolute atomic E-state index is 1.00. The summed E-state index contributed by atoms with van der Waals surface area (Å²) in [5.74, 6) is 0. The number of hydrogen-bond acceptors (Lipinski definition) is 4. The molecule has 4 rings (SSSR count). The van der Waals surface area contributed by atoms with E-state index in [1.807, 2.05) is 6.07 Å². The number of hydrazine groups is 1. The topological polar surface area (TPSA) is 30.5 Å². The number of hydrogen-bond donors (Lipinski definition) is 2. The Morgan fingerprint density at radius 1 is 0.833 bits per heavy atom. The lowest BCUT2D eigenvalue weighted by molar-refractivity contribution is 0.236. The van der Waals surface area contributed by atoms with Gasteiger partial charge >= 0.3 is 0 Å². The molecule has 24 heavy (non-hydrogen) atoms. The first-order valence-electron chi connectivity index (χ1n) is 8.46. The molecule has 0 atom stereocenters. The van der Waals surface area contributed by atoms with Crippen LogP contribution in [0.3, 0.4) is 0 Å². The molecule has 122 valence electrons. The van der Waals surface area contributed by atoms with E-state index in [-0.39, 0.29) is 0 Å². The minimum atomic E-state index is 1.00. The molecule has 1 fully saturated rings. The summed E-state index contributed by atoms with van der Waals surface area (Å²) < 4.78 is 0. The van der Waals surface area contributed by atoms with E-state index in [0.29, 0.717) is 0 Å². The van der Waals surface area contributed by atoms with Gasteiger partial charge in [0, 0.05) is 32.4 Å². The van der Waals surface area contributed by atoms with Crippen LogP contribution in [0, 0.1) is 0 Å². The van der Waals surface area contributed by atoms with E-state index in [0.717, 1.165) is 37.6 Å². The zero-order valence-corrected chi connectivity index (χ0v) is 13.7. The Morgan fingerprint density at radius 2 is 1.58 bits per heavy atom. The highest BCUT2D eigenvalue weighted by molar-refractivity contribution is 5.77. The summed E-state index contributed by atoms with van der Waals surface area (Å²) in [5, 5.41) is 11.6. The highest BCUT2D eigenvalue weighted by Crippen LogP contribution is 2.34. The lowest BCUT2D eigenvalue weighted by atomic mass is 10.1. The maximum atomic E-state index is 3.43. The van der Waals surface area contributed by atoms with E-state index in [9.17, 15) is 0 Å². The third kappa shape index (κ3) is 3.07. The summed E-state index contributed by atoms with van der Waals surface area (Å²) in [6, 6.07) is 18.9. The van der Waals surface area contributed by atoms with Gasteiger partial charge in [0.2, 0.25) is 0 Å². The van der Waals surface area contributed by atoms with Gasteiger partial charge in [0.15, 0.2) is 0 Å². The van der Waals surface area contributed by atoms with Crippen LogP contribution in [0.25, 0.3) is 6.08 Å². The average molecular weight is 318 g/mol.